The van der Waals surface area contributed by atoms with Crippen molar-refractivity contribution in [3.63, 3.8) is 0 Å². The van der Waals surface area contributed by atoms with Crippen LogP contribution in [0, 0.1) is 11.8 Å². The molecule has 0 fully saturated rings. The monoisotopic (exact) mass is 194 g/mol. The average Bonchev–Trinajstić information content (AvgIpc) is 2.69. The molecule has 0 aliphatic heterocycles. The van der Waals surface area contributed by atoms with Gasteiger partial charge >= 0.3 is 5.97 Å². The maximum Gasteiger partial charge on any atom is 0.384 e. The molecule has 1 aliphatic rings. The Labute approximate surface area is 84.1 Å². The van der Waals surface area contributed by atoms with Gasteiger partial charge in [-0.3, -0.25) is 0 Å². The molecule has 0 bridgehead atoms. The van der Waals surface area contributed by atoms with Crippen molar-refractivity contribution >= 4 is 5.97 Å². The Bertz CT molecular complexity index is 281. The van der Waals surface area contributed by atoms with Gasteiger partial charge in [-0.2, -0.15) is 0 Å². The Balaban J connectivity index is 2.08. The molecule has 3 nitrogen and oxygen atoms in total. The zero-order valence-corrected chi connectivity index (χ0v) is 8.34. The highest BCUT2D eigenvalue weighted by atomic mass is 16.5. The van der Waals surface area contributed by atoms with E-state index in [0.29, 0.717) is 6.61 Å². The topological polar surface area (TPSA) is 35.5 Å². The zero-order chi connectivity index (χ0) is 10.2. The summed E-state index contributed by atoms with van der Waals surface area (Å²) in [4.78, 5) is 10.6. The van der Waals surface area contributed by atoms with Crippen LogP contribution in [-0.4, -0.2) is 26.3 Å². The van der Waals surface area contributed by atoms with Gasteiger partial charge in [0.15, 0.2) is 0 Å². The molecule has 0 spiro atoms. The number of hydrogen-bond donors (Lipinski definition) is 0. The van der Waals surface area contributed by atoms with Crippen LogP contribution < -0.4 is 0 Å². The van der Waals surface area contributed by atoms with Gasteiger partial charge in [0.1, 0.15) is 6.61 Å². The van der Waals surface area contributed by atoms with Gasteiger partial charge in [0.25, 0.3) is 0 Å². The SMILES string of the molecule is COC(=O)C#CCOCC1=CCCC1. The van der Waals surface area contributed by atoms with Crippen molar-refractivity contribution in [2.45, 2.75) is 19.3 Å². The van der Waals surface area contributed by atoms with Crippen molar-refractivity contribution in [1.29, 1.82) is 0 Å². The fourth-order valence-electron chi connectivity index (χ4n) is 1.26. The molecule has 14 heavy (non-hydrogen) atoms. The lowest BCUT2D eigenvalue weighted by Gasteiger charge is -1.99. The average molecular weight is 194 g/mol. The summed E-state index contributed by atoms with van der Waals surface area (Å²) >= 11 is 0. The molecule has 1 aliphatic carbocycles. The Morgan fingerprint density at radius 1 is 1.64 bits per heavy atom. The van der Waals surface area contributed by atoms with Crippen molar-refractivity contribution in [2.75, 3.05) is 20.3 Å². The molecule has 0 saturated carbocycles. The smallest absolute Gasteiger partial charge is 0.384 e. The van der Waals surface area contributed by atoms with E-state index in [-0.39, 0.29) is 6.61 Å². The maximum atomic E-state index is 10.6. The summed E-state index contributed by atoms with van der Waals surface area (Å²) in [7, 11) is 1.31. The minimum atomic E-state index is -0.520. The zero-order valence-electron chi connectivity index (χ0n) is 8.34. The quantitative estimate of drug-likeness (QED) is 0.223. The van der Waals surface area contributed by atoms with Crippen LogP contribution in [0.2, 0.25) is 0 Å². The van der Waals surface area contributed by atoms with E-state index in [0.717, 1.165) is 12.8 Å². The Morgan fingerprint density at radius 2 is 2.50 bits per heavy atom. The summed E-state index contributed by atoms with van der Waals surface area (Å²) in [6.07, 6.45) is 5.72. The molecule has 0 N–H and O–H groups in total. The molecular weight excluding hydrogens is 180 g/mol. The predicted molar refractivity (Wildman–Crippen MR) is 52.5 cm³/mol. The molecule has 0 radical (unpaired) electrons. The molecule has 0 saturated heterocycles. The minimum Gasteiger partial charge on any atom is -0.459 e. The fourth-order valence-corrected chi connectivity index (χ4v) is 1.26. The Kier molecular flexibility index (Phi) is 4.81. The van der Waals surface area contributed by atoms with Crippen molar-refractivity contribution in [2.24, 2.45) is 0 Å². The first-order valence-electron chi connectivity index (χ1n) is 4.65. The van der Waals surface area contributed by atoms with Crippen LogP contribution in [0.15, 0.2) is 11.6 Å². The summed E-state index contributed by atoms with van der Waals surface area (Å²) in [6, 6.07) is 0. The van der Waals surface area contributed by atoms with E-state index >= 15 is 0 Å². The molecule has 0 unspecified atom stereocenters. The van der Waals surface area contributed by atoms with E-state index in [1.165, 1.54) is 19.1 Å². The second-order valence-corrected chi connectivity index (χ2v) is 3.04. The van der Waals surface area contributed by atoms with Crippen molar-refractivity contribution in [3.05, 3.63) is 11.6 Å². The summed E-state index contributed by atoms with van der Waals surface area (Å²) in [6.45, 7) is 0.919. The second-order valence-electron chi connectivity index (χ2n) is 3.04. The standard InChI is InChI=1S/C11H14O3/c1-13-11(12)7-4-8-14-9-10-5-2-3-6-10/h5H,2-3,6,8-9H2,1H3. The predicted octanol–water partition coefficient (Wildman–Crippen LogP) is 1.29. The lowest BCUT2D eigenvalue weighted by atomic mass is 10.2. The molecule has 0 atom stereocenters. The van der Waals surface area contributed by atoms with Gasteiger partial charge in [-0.1, -0.05) is 12.0 Å². The van der Waals surface area contributed by atoms with E-state index < -0.39 is 5.97 Å². The first-order valence-corrected chi connectivity index (χ1v) is 4.65. The van der Waals surface area contributed by atoms with Crippen molar-refractivity contribution in [1.82, 2.24) is 0 Å². The number of ether oxygens (including phenoxy) is 2. The third-order valence-corrected chi connectivity index (χ3v) is 1.97. The first kappa shape index (κ1) is 10.8. The molecule has 0 amide bonds. The van der Waals surface area contributed by atoms with Crippen LogP contribution in [0.1, 0.15) is 19.3 Å². The molecule has 0 aromatic rings. The third kappa shape index (κ3) is 4.11. The fraction of sp³-hybridized carbons (Fsp3) is 0.545. The Morgan fingerprint density at radius 3 is 3.14 bits per heavy atom. The van der Waals surface area contributed by atoms with E-state index in [9.17, 15) is 4.79 Å². The summed E-state index contributed by atoms with van der Waals surface area (Å²) in [5.41, 5.74) is 1.34. The number of carbonyl (C=O) groups is 1. The van der Waals surface area contributed by atoms with Crippen LogP contribution in [0.25, 0.3) is 0 Å². The molecule has 0 aromatic heterocycles. The summed E-state index contributed by atoms with van der Waals surface area (Å²) in [5, 5.41) is 0. The molecule has 0 heterocycles. The first-order chi connectivity index (χ1) is 6.83. The number of hydrogen-bond acceptors (Lipinski definition) is 3. The van der Waals surface area contributed by atoms with E-state index in [2.05, 4.69) is 22.7 Å². The highest BCUT2D eigenvalue weighted by molar-refractivity contribution is 5.88. The molecule has 0 aromatic carbocycles. The van der Waals surface area contributed by atoms with Gasteiger partial charge in [0.2, 0.25) is 0 Å². The molecule has 76 valence electrons. The number of rotatable bonds is 3. The van der Waals surface area contributed by atoms with Crippen molar-refractivity contribution in [3.8, 4) is 11.8 Å². The minimum absolute atomic E-state index is 0.284. The summed E-state index contributed by atoms with van der Waals surface area (Å²) < 4.78 is 9.61. The third-order valence-electron chi connectivity index (χ3n) is 1.97. The normalized spacial score (nSPS) is 14.2. The van der Waals surface area contributed by atoms with Gasteiger partial charge < -0.3 is 9.47 Å². The van der Waals surface area contributed by atoms with Crippen LogP contribution in [0.3, 0.4) is 0 Å². The maximum absolute atomic E-state index is 10.6. The number of allylic oxidation sites excluding steroid dienone is 1. The van der Waals surface area contributed by atoms with Gasteiger partial charge in [-0.05, 0) is 24.8 Å². The van der Waals surface area contributed by atoms with Crippen molar-refractivity contribution < 1.29 is 14.3 Å². The highest BCUT2D eigenvalue weighted by Gasteiger charge is 2.03. The lowest BCUT2D eigenvalue weighted by molar-refractivity contribution is -0.133. The van der Waals surface area contributed by atoms with Crippen LogP contribution in [0.5, 0.6) is 0 Å². The number of methoxy groups -OCH3 is 1. The van der Waals surface area contributed by atoms with E-state index in [1.807, 2.05) is 0 Å². The molecular formula is C11H14O3. The number of esters is 1. The lowest BCUT2D eigenvalue weighted by Crippen LogP contribution is -1.99. The second kappa shape index (κ2) is 6.22. The van der Waals surface area contributed by atoms with Crippen LogP contribution >= 0.6 is 0 Å². The molecule has 1 rings (SSSR count). The highest BCUT2D eigenvalue weighted by Crippen LogP contribution is 2.17. The Hall–Kier alpha value is -1.27. The van der Waals surface area contributed by atoms with E-state index in [1.54, 1.807) is 0 Å². The van der Waals surface area contributed by atoms with Gasteiger partial charge in [0, 0.05) is 5.92 Å². The molecule has 3 heteroatoms. The van der Waals surface area contributed by atoms with Crippen LogP contribution in [0.4, 0.5) is 0 Å². The van der Waals surface area contributed by atoms with Crippen LogP contribution in [-0.2, 0) is 14.3 Å². The number of carbonyl (C=O) groups excluding carboxylic acids is 1. The summed E-state index contributed by atoms with van der Waals surface area (Å²) in [5.74, 6) is 4.37. The largest absolute Gasteiger partial charge is 0.459 e. The van der Waals surface area contributed by atoms with E-state index in [4.69, 9.17) is 4.74 Å². The van der Waals surface area contributed by atoms with Gasteiger partial charge in [0.05, 0.1) is 13.7 Å². The van der Waals surface area contributed by atoms with Gasteiger partial charge in [-0.25, -0.2) is 4.79 Å². The van der Waals surface area contributed by atoms with Gasteiger partial charge in [-0.15, -0.1) is 0 Å².